The van der Waals surface area contributed by atoms with Crippen molar-refractivity contribution in [2.75, 3.05) is 5.32 Å². The van der Waals surface area contributed by atoms with Crippen LogP contribution in [0.25, 0.3) is 6.08 Å². The van der Waals surface area contributed by atoms with Gasteiger partial charge in [0.1, 0.15) is 5.75 Å². The van der Waals surface area contributed by atoms with Crippen LogP contribution in [0.3, 0.4) is 0 Å². The fourth-order valence-electron chi connectivity index (χ4n) is 1.68. The molecule has 0 atom stereocenters. The van der Waals surface area contributed by atoms with E-state index in [0.29, 0.717) is 5.69 Å². The highest BCUT2D eigenvalue weighted by Crippen LogP contribution is 2.25. The van der Waals surface area contributed by atoms with Gasteiger partial charge in [0.05, 0.1) is 4.92 Å². The van der Waals surface area contributed by atoms with Crippen LogP contribution < -0.4 is 10.1 Å². The van der Waals surface area contributed by atoms with Gasteiger partial charge in [-0.1, -0.05) is 5.16 Å². The summed E-state index contributed by atoms with van der Waals surface area (Å²) in [6, 6.07) is 4.96. The zero-order chi connectivity index (χ0) is 17.0. The monoisotopic (exact) mass is 329 g/mol. The minimum absolute atomic E-state index is 0.0444. The summed E-state index contributed by atoms with van der Waals surface area (Å²) in [5.41, 5.74) is 0.343. The molecule has 0 aliphatic carbocycles. The van der Waals surface area contributed by atoms with Gasteiger partial charge in [0.2, 0.25) is 5.76 Å². The number of nitrogens with zero attached hydrogens (tertiary/aromatic N) is 2. The molecule has 2 aromatic rings. The molecule has 0 amide bonds. The molecule has 0 unspecified atom stereocenters. The molecule has 122 valence electrons. The number of aryl methyl sites for hydroxylation is 1. The van der Waals surface area contributed by atoms with Crippen molar-refractivity contribution in [1.29, 1.82) is 0 Å². The normalized spacial score (nSPS) is 11.7. The first-order valence-corrected chi connectivity index (χ1v) is 6.16. The molecule has 0 spiro atoms. The Balaban J connectivity index is 2.02. The molecule has 0 aliphatic rings. The number of nitro groups is 1. The minimum Gasteiger partial charge on any atom is -0.406 e. The maximum atomic E-state index is 12.0. The summed E-state index contributed by atoms with van der Waals surface area (Å²) >= 11 is 0. The molecule has 0 saturated carbocycles. The van der Waals surface area contributed by atoms with Crippen LogP contribution in [-0.4, -0.2) is 16.4 Å². The third-order valence-electron chi connectivity index (χ3n) is 2.61. The SMILES string of the molecule is Cc1noc(/C=C/Nc2ccc(OC(F)(F)F)cc2)c1[N+](=O)[O-]. The molecule has 0 aliphatic heterocycles. The van der Waals surface area contributed by atoms with Crippen LogP contribution in [0.4, 0.5) is 24.5 Å². The third-order valence-corrected chi connectivity index (χ3v) is 2.61. The average molecular weight is 329 g/mol. The van der Waals surface area contributed by atoms with Gasteiger partial charge >= 0.3 is 12.0 Å². The fraction of sp³-hybridized carbons (Fsp3) is 0.154. The molecule has 0 fully saturated rings. The molecular formula is C13H10F3N3O4. The number of aromatic nitrogens is 1. The minimum atomic E-state index is -4.75. The summed E-state index contributed by atoms with van der Waals surface area (Å²) in [7, 11) is 0. The Labute approximate surface area is 127 Å². The van der Waals surface area contributed by atoms with E-state index < -0.39 is 11.3 Å². The zero-order valence-corrected chi connectivity index (χ0v) is 11.6. The van der Waals surface area contributed by atoms with E-state index in [1.165, 1.54) is 31.3 Å². The van der Waals surface area contributed by atoms with Gasteiger partial charge in [-0.3, -0.25) is 10.1 Å². The van der Waals surface area contributed by atoms with Crippen LogP contribution >= 0.6 is 0 Å². The molecule has 1 N–H and O–H groups in total. The van der Waals surface area contributed by atoms with E-state index in [1.807, 2.05) is 0 Å². The highest BCUT2D eigenvalue weighted by molar-refractivity contribution is 5.60. The summed E-state index contributed by atoms with van der Waals surface area (Å²) in [5, 5.41) is 17.1. The second kappa shape index (κ2) is 6.38. The van der Waals surface area contributed by atoms with Crippen molar-refractivity contribution in [1.82, 2.24) is 5.16 Å². The van der Waals surface area contributed by atoms with E-state index in [2.05, 4.69) is 15.2 Å². The Morgan fingerprint density at radius 3 is 2.57 bits per heavy atom. The topological polar surface area (TPSA) is 90.4 Å². The lowest BCUT2D eigenvalue weighted by atomic mass is 10.3. The predicted octanol–water partition coefficient (Wildman–Crippen LogP) is 3.87. The van der Waals surface area contributed by atoms with Crippen molar-refractivity contribution in [3.05, 3.63) is 52.0 Å². The number of benzene rings is 1. The smallest absolute Gasteiger partial charge is 0.406 e. The van der Waals surface area contributed by atoms with Crippen molar-refractivity contribution in [2.45, 2.75) is 13.3 Å². The molecule has 0 radical (unpaired) electrons. The van der Waals surface area contributed by atoms with Gasteiger partial charge in [0.15, 0.2) is 5.69 Å². The lowest BCUT2D eigenvalue weighted by Gasteiger charge is -2.09. The van der Waals surface area contributed by atoms with Gasteiger partial charge in [-0.25, -0.2) is 0 Å². The van der Waals surface area contributed by atoms with E-state index in [1.54, 1.807) is 0 Å². The van der Waals surface area contributed by atoms with Gasteiger partial charge in [0.25, 0.3) is 0 Å². The Bertz CT molecular complexity index is 723. The molecule has 10 heteroatoms. The third kappa shape index (κ3) is 4.46. The van der Waals surface area contributed by atoms with Crippen molar-refractivity contribution >= 4 is 17.5 Å². The highest BCUT2D eigenvalue weighted by Gasteiger charge is 2.30. The lowest BCUT2D eigenvalue weighted by Crippen LogP contribution is -2.16. The van der Waals surface area contributed by atoms with Crippen LogP contribution in [0.2, 0.25) is 0 Å². The first kappa shape index (κ1) is 16.3. The molecule has 1 heterocycles. The Hall–Kier alpha value is -3.04. The first-order valence-electron chi connectivity index (χ1n) is 6.16. The second-order valence-corrected chi connectivity index (χ2v) is 4.29. The summed E-state index contributed by atoms with van der Waals surface area (Å²) in [4.78, 5) is 10.2. The molecule has 7 nitrogen and oxygen atoms in total. The van der Waals surface area contributed by atoms with Gasteiger partial charge in [0, 0.05) is 18.0 Å². The van der Waals surface area contributed by atoms with E-state index in [-0.39, 0.29) is 22.9 Å². The van der Waals surface area contributed by atoms with Crippen molar-refractivity contribution in [3.8, 4) is 5.75 Å². The second-order valence-electron chi connectivity index (χ2n) is 4.29. The number of rotatable bonds is 5. The van der Waals surface area contributed by atoms with E-state index in [0.717, 1.165) is 12.1 Å². The zero-order valence-electron chi connectivity index (χ0n) is 11.6. The van der Waals surface area contributed by atoms with E-state index >= 15 is 0 Å². The largest absolute Gasteiger partial charge is 0.573 e. The molecular weight excluding hydrogens is 319 g/mol. The quantitative estimate of drug-likeness (QED) is 0.661. The number of anilines is 1. The average Bonchev–Trinajstić information content (AvgIpc) is 2.80. The fourth-order valence-corrected chi connectivity index (χ4v) is 1.68. The van der Waals surface area contributed by atoms with Gasteiger partial charge in [-0.2, -0.15) is 0 Å². The highest BCUT2D eigenvalue weighted by atomic mass is 19.4. The Morgan fingerprint density at radius 2 is 2.00 bits per heavy atom. The van der Waals surface area contributed by atoms with Crippen LogP contribution in [0, 0.1) is 17.0 Å². The number of ether oxygens (including phenoxy) is 1. The number of alkyl halides is 3. The Morgan fingerprint density at radius 1 is 1.35 bits per heavy atom. The van der Waals surface area contributed by atoms with Crippen LogP contribution in [0.1, 0.15) is 11.5 Å². The van der Waals surface area contributed by atoms with Crippen LogP contribution in [-0.2, 0) is 0 Å². The van der Waals surface area contributed by atoms with Crippen molar-refractivity contribution in [2.24, 2.45) is 0 Å². The summed E-state index contributed by atoms with van der Waals surface area (Å²) in [5.74, 6) is -0.398. The molecule has 1 aromatic heterocycles. The molecule has 1 aromatic carbocycles. The number of nitrogens with one attached hydrogen (secondary N) is 1. The number of hydrogen-bond donors (Lipinski definition) is 1. The summed E-state index contributed by atoms with van der Waals surface area (Å²) < 4.78 is 44.6. The molecule has 2 rings (SSSR count). The van der Waals surface area contributed by atoms with Gasteiger partial charge in [-0.15, -0.1) is 13.2 Å². The van der Waals surface area contributed by atoms with Crippen LogP contribution in [0.5, 0.6) is 5.75 Å². The predicted molar refractivity (Wildman–Crippen MR) is 73.7 cm³/mol. The van der Waals surface area contributed by atoms with Gasteiger partial charge < -0.3 is 14.6 Å². The van der Waals surface area contributed by atoms with Crippen molar-refractivity contribution < 1.29 is 27.4 Å². The standard InChI is InChI=1S/C13H10F3N3O4/c1-8-12(19(20)21)11(23-18-8)6-7-17-9-2-4-10(5-3-9)22-13(14,15)16/h2-7,17H,1H3/b7-6+. The maximum Gasteiger partial charge on any atom is 0.573 e. The maximum absolute atomic E-state index is 12.0. The molecule has 23 heavy (non-hydrogen) atoms. The van der Waals surface area contributed by atoms with Crippen LogP contribution in [0.15, 0.2) is 35.0 Å². The summed E-state index contributed by atoms with van der Waals surface area (Å²) in [6.45, 7) is 1.44. The number of hydrogen-bond acceptors (Lipinski definition) is 6. The number of halogens is 3. The van der Waals surface area contributed by atoms with Gasteiger partial charge in [-0.05, 0) is 31.2 Å². The van der Waals surface area contributed by atoms with E-state index in [9.17, 15) is 23.3 Å². The first-order chi connectivity index (χ1) is 10.8. The Kier molecular flexibility index (Phi) is 4.53. The summed E-state index contributed by atoms with van der Waals surface area (Å²) in [6.07, 6.45) is -2.12. The molecule has 0 saturated heterocycles. The molecule has 0 bridgehead atoms. The lowest BCUT2D eigenvalue weighted by molar-refractivity contribution is -0.386. The van der Waals surface area contributed by atoms with E-state index in [4.69, 9.17) is 4.52 Å². The van der Waals surface area contributed by atoms with Crippen molar-refractivity contribution in [3.63, 3.8) is 0 Å².